The van der Waals surface area contributed by atoms with Gasteiger partial charge >= 0.3 is 0 Å². The second kappa shape index (κ2) is 4.19. The zero-order valence-corrected chi connectivity index (χ0v) is 9.17. The van der Waals surface area contributed by atoms with Crippen LogP contribution in [0.5, 0.6) is 0 Å². The van der Waals surface area contributed by atoms with Crippen molar-refractivity contribution in [2.45, 2.75) is 63.5 Å². The topological polar surface area (TPSA) is 52.0 Å². The minimum absolute atomic E-state index is 0.347. The molecule has 0 aromatic rings. The third kappa shape index (κ3) is 2.48. The molecule has 0 heterocycles. The summed E-state index contributed by atoms with van der Waals surface area (Å²) in [5, 5.41) is 0. The monoisotopic (exact) mass is 196 g/mol. The fourth-order valence-corrected chi connectivity index (χ4v) is 3.39. The van der Waals surface area contributed by atoms with Gasteiger partial charge in [0.15, 0.2) is 0 Å². The molecule has 1 unspecified atom stereocenters. The van der Waals surface area contributed by atoms with Gasteiger partial charge < -0.3 is 11.5 Å². The van der Waals surface area contributed by atoms with Gasteiger partial charge in [-0.1, -0.05) is 38.5 Å². The number of nitrogens with two attached hydrogens (primary N) is 2. The lowest BCUT2D eigenvalue weighted by Gasteiger charge is -2.40. The van der Waals surface area contributed by atoms with E-state index in [0.29, 0.717) is 0 Å². The summed E-state index contributed by atoms with van der Waals surface area (Å²) >= 11 is 0. The molecule has 0 radical (unpaired) electrons. The van der Waals surface area contributed by atoms with Crippen LogP contribution in [0, 0.1) is 11.8 Å². The Balaban J connectivity index is 1.89. The van der Waals surface area contributed by atoms with Crippen molar-refractivity contribution in [1.82, 2.24) is 0 Å². The van der Waals surface area contributed by atoms with E-state index in [1.807, 2.05) is 0 Å². The van der Waals surface area contributed by atoms with Gasteiger partial charge in [0, 0.05) is 0 Å². The van der Waals surface area contributed by atoms with Crippen molar-refractivity contribution >= 4 is 0 Å². The maximum absolute atomic E-state index is 6.05. The van der Waals surface area contributed by atoms with Gasteiger partial charge in [-0.2, -0.15) is 0 Å². The van der Waals surface area contributed by atoms with E-state index in [-0.39, 0.29) is 5.66 Å². The van der Waals surface area contributed by atoms with E-state index in [4.69, 9.17) is 11.5 Å². The molecule has 0 aromatic carbocycles. The predicted octanol–water partition coefficient (Wildman–Crippen LogP) is 2.37. The fraction of sp³-hybridized carbons (Fsp3) is 1.00. The van der Waals surface area contributed by atoms with Gasteiger partial charge in [0.25, 0.3) is 0 Å². The molecule has 0 bridgehead atoms. The maximum atomic E-state index is 6.05. The lowest BCUT2D eigenvalue weighted by atomic mass is 9.70. The Morgan fingerprint density at radius 3 is 2.07 bits per heavy atom. The molecule has 2 nitrogen and oxygen atoms in total. The summed E-state index contributed by atoms with van der Waals surface area (Å²) in [6.45, 7) is 0. The molecule has 4 N–H and O–H groups in total. The van der Waals surface area contributed by atoms with E-state index in [1.165, 1.54) is 44.9 Å². The molecule has 14 heavy (non-hydrogen) atoms. The second-order valence-electron chi connectivity index (χ2n) is 5.49. The molecule has 0 spiro atoms. The van der Waals surface area contributed by atoms with Crippen LogP contribution in [0.2, 0.25) is 0 Å². The van der Waals surface area contributed by atoms with Crippen LogP contribution < -0.4 is 11.5 Å². The van der Waals surface area contributed by atoms with Gasteiger partial charge in [0.05, 0.1) is 5.66 Å². The van der Waals surface area contributed by atoms with E-state index in [1.54, 1.807) is 0 Å². The number of rotatable bonds is 1. The van der Waals surface area contributed by atoms with Gasteiger partial charge in [-0.3, -0.25) is 0 Å². The number of hydrogen-bond donors (Lipinski definition) is 2. The van der Waals surface area contributed by atoms with Crippen LogP contribution in [-0.2, 0) is 0 Å². The zero-order chi connectivity index (χ0) is 10.0. The van der Waals surface area contributed by atoms with E-state index in [0.717, 1.165) is 24.7 Å². The summed E-state index contributed by atoms with van der Waals surface area (Å²) in [6.07, 6.45) is 11.9. The van der Waals surface area contributed by atoms with Crippen LogP contribution in [-0.4, -0.2) is 5.66 Å². The van der Waals surface area contributed by atoms with Gasteiger partial charge in [-0.05, 0) is 31.1 Å². The molecule has 2 fully saturated rings. The highest BCUT2D eigenvalue weighted by atomic mass is 15.0. The highest BCUT2D eigenvalue weighted by Crippen LogP contribution is 2.39. The first-order valence-electron chi connectivity index (χ1n) is 6.25. The molecule has 2 aliphatic carbocycles. The lowest BCUT2D eigenvalue weighted by Crippen LogP contribution is -2.53. The first-order valence-corrected chi connectivity index (χ1v) is 6.25. The summed E-state index contributed by atoms with van der Waals surface area (Å²) in [5.41, 5.74) is 11.8. The normalized spacial score (nSPS) is 34.3. The summed E-state index contributed by atoms with van der Waals surface area (Å²) in [4.78, 5) is 0. The van der Waals surface area contributed by atoms with Gasteiger partial charge in [0.1, 0.15) is 0 Å². The first-order chi connectivity index (χ1) is 6.67. The maximum Gasteiger partial charge on any atom is 0.0639 e. The lowest BCUT2D eigenvalue weighted by molar-refractivity contribution is 0.143. The van der Waals surface area contributed by atoms with E-state index < -0.39 is 0 Å². The van der Waals surface area contributed by atoms with Crippen molar-refractivity contribution < 1.29 is 0 Å². The summed E-state index contributed by atoms with van der Waals surface area (Å²) in [6, 6.07) is 0. The predicted molar refractivity (Wildman–Crippen MR) is 59.6 cm³/mol. The van der Waals surface area contributed by atoms with Crippen LogP contribution in [0.25, 0.3) is 0 Å². The quantitative estimate of drug-likeness (QED) is 0.633. The SMILES string of the molecule is NC1(N)CCCC(C2CCCCC2)C1. The Labute approximate surface area is 87.4 Å². The Morgan fingerprint density at radius 2 is 1.43 bits per heavy atom. The molecule has 2 saturated carbocycles. The summed E-state index contributed by atoms with van der Waals surface area (Å²) < 4.78 is 0. The Bertz CT molecular complexity index is 183. The molecule has 0 aromatic heterocycles. The zero-order valence-electron chi connectivity index (χ0n) is 9.17. The molecule has 2 aliphatic rings. The Hall–Kier alpha value is -0.0800. The summed E-state index contributed by atoms with van der Waals surface area (Å²) in [7, 11) is 0. The van der Waals surface area contributed by atoms with E-state index in [2.05, 4.69) is 0 Å². The van der Waals surface area contributed by atoms with Gasteiger partial charge in [-0.25, -0.2) is 0 Å². The smallest absolute Gasteiger partial charge is 0.0639 e. The van der Waals surface area contributed by atoms with Crippen molar-refractivity contribution in [1.29, 1.82) is 0 Å². The second-order valence-corrected chi connectivity index (χ2v) is 5.49. The number of hydrogen-bond acceptors (Lipinski definition) is 2. The molecule has 1 atom stereocenters. The van der Waals surface area contributed by atoms with Crippen LogP contribution in [0.3, 0.4) is 0 Å². The molecular formula is C12H24N2. The minimum Gasteiger partial charge on any atom is -0.313 e. The van der Waals surface area contributed by atoms with E-state index in [9.17, 15) is 0 Å². The first kappa shape index (κ1) is 10.4. The van der Waals surface area contributed by atoms with Gasteiger partial charge in [0.2, 0.25) is 0 Å². The molecule has 0 aliphatic heterocycles. The standard InChI is InChI=1S/C12H24N2/c13-12(14)8-4-7-11(9-12)10-5-2-1-3-6-10/h10-11H,1-9,13-14H2. The van der Waals surface area contributed by atoms with Crippen molar-refractivity contribution in [2.75, 3.05) is 0 Å². The molecule has 82 valence electrons. The van der Waals surface area contributed by atoms with Crippen molar-refractivity contribution in [2.24, 2.45) is 23.3 Å². The van der Waals surface area contributed by atoms with Gasteiger partial charge in [-0.15, -0.1) is 0 Å². The van der Waals surface area contributed by atoms with E-state index >= 15 is 0 Å². The average molecular weight is 196 g/mol. The Kier molecular flexibility index (Phi) is 3.13. The van der Waals surface area contributed by atoms with Crippen molar-refractivity contribution in [3.8, 4) is 0 Å². The van der Waals surface area contributed by atoms with Crippen molar-refractivity contribution in [3.63, 3.8) is 0 Å². The van der Waals surface area contributed by atoms with Crippen LogP contribution >= 0.6 is 0 Å². The Morgan fingerprint density at radius 1 is 0.786 bits per heavy atom. The molecule has 2 rings (SSSR count). The third-order valence-electron chi connectivity index (χ3n) is 4.18. The molecule has 2 heteroatoms. The third-order valence-corrected chi connectivity index (χ3v) is 4.18. The van der Waals surface area contributed by atoms with Crippen LogP contribution in [0.4, 0.5) is 0 Å². The molecular weight excluding hydrogens is 172 g/mol. The van der Waals surface area contributed by atoms with Crippen LogP contribution in [0.1, 0.15) is 57.8 Å². The largest absolute Gasteiger partial charge is 0.313 e. The van der Waals surface area contributed by atoms with Crippen LogP contribution in [0.15, 0.2) is 0 Å². The summed E-state index contributed by atoms with van der Waals surface area (Å²) in [5.74, 6) is 1.77. The molecule has 0 amide bonds. The fourth-order valence-electron chi connectivity index (χ4n) is 3.39. The minimum atomic E-state index is -0.347. The average Bonchev–Trinajstić information content (AvgIpc) is 2.18. The van der Waals surface area contributed by atoms with Crippen molar-refractivity contribution in [3.05, 3.63) is 0 Å². The molecule has 0 saturated heterocycles. The highest BCUT2D eigenvalue weighted by molar-refractivity contribution is 4.88. The highest BCUT2D eigenvalue weighted by Gasteiger charge is 2.33.